The summed E-state index contributed by atoms with van der Waals surface area (Å²) in [7, 11) is 0. The first-order valence-electron chi connectivity index (χ1n) is 3.70. The Kier molecular flexibility index (Phi) is 4.54. The summed E-state index contributed by atoms with van der Waals surface area (Å²) in [6, 6.07) is 0. The molecule has 0 aliphatic rings. The second kappa shape index (κ2) is 4.91. The summed E-state index contributed by atoms with van der Waals surface area (Å²) in [5.74, 6) is -0.593. The third-order valence-corrected chi connectivity index (χ3v) is 1.59. The molecule has 0 spiro atoms. The van der Waals surface area contributed by atoms with Gasteiger partial charge in [0.2, 0.25) is 0 Å². The summed E-state index contributed by atoms with van der Waals surface area (Å²) >= 11 is 0. The molecule has 64 valence electrons. The SMILES string of the molecule is CC=C(CC(C)CN)C(=O)O. The Morgan fingerprint density at radius 1 is 1.73 bits per heavy atom. The summed E-state index contributed by atoms with van der Waals surface area (Å²) < 4.78 is 0. The quantitative estimate of drug-likeness (QED) is 0.598. The van der Waals surface area contributed by atoms with E-state index in [1.54, 1.807) is 13.0 Å². The molecular weight excluding hydrogens is 142 g/mol. The van der Waals surface area contributed by atoms with Gasteiger partial charge in [-0.15, -0.1) is 0 Å². The molecule has 1 atom stereocenters. The van der Waals surface area contributed by atoms with Gasteiger partial charge in [0.1, 0.15) is 0 Å². The molecule has 0 rings (SSSR count). The van der Waals surface area contributed by atoms with Crippen LogP contribution in [0.25, 0.3) is 0 Å². The molecule has 0 fully saturated rings. The van der Waals surface area contributed by atoms with Crippen molar-refractivity contribution in [1.82, 2.24) is 0 Å². The molecule has 3 heteroatoms. The summed E-state index contributed by atoms with van der Waals surface area (Å²) in [4.78, 5) is 10.5. The number of carboxylic acid groups (broad SMARTS) is 1. The number of hydrogen-bond acceptors (Lipinski definition) is 2. The zero-order valence-corrected chi connectivity index (χ0v) is 7.00. The first-order chi connectivity index (χ1) is 5.11. The minimum atomic E-state index is -0.840. The van der Waals surface area contributed by atoms with Crippen molar-refractivity contribution >= 4 is 5.97 Å². The predicted molar refractivity (Wildman–Crippen MR) is 44.2 cm³/mol. The lowest BCUT2D eigenvalue weighted by Gasteiger charge is -2.07. The van der Waals surface area contributed by atoms with Crippen LogP contribution in [-0.4, -0.2) is 17.6 Å². The number of aliphatic carboxylic acids is 1. The minimum absolute atomic E-state index is 0.247. The Balaban J connectivity index is 4.00. The van der Waals surface area contributed by atoms with Crippen LogP contribution in [0.1, 0.15) is 20.3 Å². The van der Waals surface area contributed by atoms with Gasteiger partial charge in [-0.25, -0.2) is 4.79 Å². The lowest BCUT2D eigenvalue weighted by molar-refractivity contribution is -0.132. The highest BCUT2D eigenvalue weighted by Crippen LogP contribution is 2.09. The summed E-state index contributed by atoms with van der Waals surface area (Å²) in [6.45, 7) is 4.20. The van der Waals surface area contributed by atoms with Crippen LogP contribution in [0.5, 0.6) is 0 Å². The number of hydrogen-bond donors (Lipinski definition) is 2. The van der Waals surface area contributed by atoms with Crippen molar-refractivity contribution in [2.45, 2.75) is 20.3 Å². The highest BCUT2D eigenvalue weighted by molar-refractivity contribution is 5.86. The van der Waals surface area contributed by atoms with Crippen LogP contribution in [0.4, 0.5) is 0 Å². The molecule has 3 nitrogen and oxygen atoms in total. The summed E-state index contributed by atoms with van der Waals surface area (Å²) in [6.07, 6.45) is 2.18. The third kappa shape index (κ3) is 3.78. The van der Waals surface area contributed by atoms with E-state index >= 15 is 0 Å². The number of rotatable bonds is 4. The monoisotopic (exact) mass is 157 g/mol. The Morgan fingerprint density at radius 2 is 2.27 bits per heavy atom. The molecule has 0 radical (unpaired) electrons. The fraction of sp³-hybridized carbons (Fsp3) is 0.625. The van der Waals surface area contributed by atoms with E-state index in [-0.39, 0.29) is 5.92 Å². The molecule has 0 saturated carbocycles. The maximum Gasteiger partial charge on any atom is 0.331 e. The Morgan fingerprint density at radius 3 is 2.55 bits per heavy atom. The van der Waals surface area contributed by atoms with Crippen molar-refractivity contribution in [3.63, 3.8) is 0 Å². The molecule has 0 heterocycles. The van der Waals surface area contributed by atoms with Crippen LogP contribution < -0.4 is 5.73 Å². The molecule has 0 aromatic heterocycles. The van der Waals surface area contributed by atoms with Crippen molar-refractivity contribution in [3.05, 3.63) is 11.6 Å². The van der Waals surface area contributed by atoms with Crippen LogP contribution in [0.3, 0.4) is 0 Å². The summed E-state index contributed by atoms with van der Waals surface area (Å²) in [5, 5.41) is 8.61. The lowest BCUT2D eigenvalue weighted by atomic mass is 10.0. The predicted octanol–water partition coefficient (Wildman–Crippen LogP) is 1.00. The number of nitrogens with two attached hydrogens (primary N) is 1. The van der Waals surface area contributed by atoms with E-state index in [0.717, 1.165) is 0 Å². The topological polar surface area (TPSA) is 63.3 Å². The van der Waals surface area contributed by atoms with Gasteiger partial charge in [-0.3, -0.25) is 0 Å². The van der Waals surface area contributed by atoms with Crippen molar-refractivity contribution < 1.29 is 9.90 Å². The Bertz CT molecular complexity index is 163. The molecule has 0 aliphatic heterocycles. The van der Waals surface area contributed by atoms with Crippen LogP contribution in [0, 0.1) is 5.92 Å². The van der Waals surface area contributed by atoms with Crippen molar-refractivity contribution in [2.24, 2.45) is 11.7 Å². The van der Waals surface area contributed by atoms with E-state index < -0.39 is 5.97 Å². The van der Waals surface area contributed by atoms with Crippen LogP contribution >= 0.6 is 0 Å². The minimum Gasteiger partial charge on any atom is -0.478 e. The maximum atomic E-state index is 10.5. The van der Waals surface area contributed by atoms with E-state index in [4.69, 9.17) is 10.8 Å². The molecule has 11 heavy (non-hydrogen) atoms. The number of carbonyl (C=O) groups is 1. The molecule has 0 saturated heterocycles. The molecule has 0 amide bonds. The maximum absolute atomic E-state index is 10.5. The van der Waals surface area contributed by atoms with Gasteiger partial charge in [0.15, 0.2) is 0 Å². The zero-order chi connectivity index (χ0) is 8.85. The smallest absolute Gasteiger partial charge is 0.331 e. The van der Waals surface area contributed by atoms with Gasteiger partial charge in [0, 0.05) is 5.57 Å². The molecule has 0 aliphatic carbocycles. The van der Waals surface area contributed by atoms with E-state index in [1.165, 1.54) is 0 Å². The molecule has 1 unspecified atom stereocenters. The van der Waals surface area contributed by atoms with E-state index in [2.05, 4.69) is 0 Å². The largest absolute Gasteiger partial charge is 0.478 e. The second-order valence-corrected chi connectivity index (χ2v) is 2.66. The Labute approximate surface area is 66.9 Å². The molecular formula is C8H15NO2. The van der Waals surface area contributed by atoms with Gasteiger partial charge in [0.05, 0.1) is 0 Å². The van der Waals surface area contributed by atoms with Crippen molar-refractivity contribution in [2.75, 3.05) is 6.54 Å². The first kappa shape index (κ1) is 10.2. The average Bonchev–Trinajstić information content (AvgIpc) is 1.99. The van der Waals surface area contributed by atoms with E-state index in [1.807, 2.05) is 6.92 Å². The average molecular weight is 157 g/mol. The van der Waals surface area contributed by atoms with Crippen molar-refractivity contribution in [3.8, 4) is 0 Å². The third-order valence-electron chi connectivity index (χ3n) is 1.59. The van der Waals surface area contributed by atoms with Crippen molar-refractivity contribution in [1.29, 1.82) is 0 Å². The highest BCUT2D eigenvalue weighted by atomic mass is 16.4. The highest BCUT2D eigenvalue weighted by Gasteiger charge is 2.09. The van der Waals surface area contributed by atoms with Gasteiger partial charge in [-0.05, 0) is 25.8 Å². The van der Waals surface area contributed by atoms with Crippen LogP contribution in [0.2, 0.25) is 0 Å². The first-order valence-corrected chi connectivity index (χ1v) is 3.70. The fourth-order valence-corrected chi connectivity index (χ4v) is 0.787. The second-order valence-electron chi connectivity index (χ2n) is 2.66. The van der Waals surface area contributed by atoms with Gasteiger partial charge < -0.3 is 10.8 Å². The normalized spacial score (nSPS) is 14.6. The lowest BCUT2D eigenvalue weighted by Crippen LogP contribution is -2.14. The molecule has 3 N–H and O–H groups in total. The summed E-state index contributed by atoms with van der Waals surface area (Å²) in [5.41, 5.74) is 5.80. The van der Waals surface area contributed by atoms with Gasteiger partial charge in [0.25, 0.3) is 0 Å². The molecule has 0 aromatic rings. The molecule has 0 bridgehead atoms. The Hall–Kier alpha value is -0.830. The van der Waals surface area contributed by atoms with Gasteiger partial charge in [-0.1, -0.05) is 13.0 Å². The van der Waals surface area contributed by atoms with Crippen LogP contribution in [-0.2, 0) is 4.79 Å². The number of allylic oxidation sites excluding steroid dienone is 1. The van der Waals surface area contributed by atoms with E-state index in [9.17, 15) is 4.79 Å². The standard InChI is InChI=1S/C8H15NO2/c1-3-7(8(10)11)4-6(2)5-9/h3,6H,4-5,9H2,1-2H3,(H,10,11). The number of carboxylic acids is 1. The van der Waals surface area contributed by atoms with Gasteiger partial charge in [-0.2, -0.15) is 0 Å². The zero-order valence-electron chi connectivity index (χ0n) is 7.00. The van der Waals surface area contributed by atoms with E-state index in [0.29, 0.717) is 18.5 Å². The van der Waals surface area contributed by atoms with Crippen LogP contribution in [0.15, 0.2) is 11.6 Å². The fourth-order valence-electron chi connectivity index (χ4n) is 0.787. The van der Waals surface area contributed by atoms with Gasteiger partial charge >= 0.3 is 5.97 Å². The molecule has 0 aromatic carbocycles.